The summed E-state index contributed by atoms with van der Waals surface area (Å²) in [4.78, 5) is 24.6. The Hall–Kier alpha value is -2.88. The Labute approximate surface area is 243 Å². The molecule has 1 amide bonds. The number of benzene rings is 1. The first-order valence-electron chi connectivity index (χ1n) is 13.4. The number of hydrogen-bond donors (Lipinski definition) is 2. The molecular formula is C30H43ClN2O6Si. The molecule has 2 N–H and O–H groups in total. The van der Waals surface area contributed by atoms with E-state index in [1.807, 2.05) is 19.9 Å². The van der Waals surface area contributed by atoms with Crippen LogP contribution in [-0.4, -0.2) is 49.7 Å². The van der Waals surface area contributed by atoms with Crippen LogP contribution < -0.4 is 10.1 Å². The Morgan fingerprint density at radius 2 is 1.93 bits per heavy atom. The summed E-state index contributed by atoms with van der Waals surface area (Å²) < 4.78 is 17.2. The molecule has 0 fully saturated rings. The number of aryl methyl sites for hydroxylation is 2. The first kappa shape index (κ1) is 33.3. The van der Waals surface area contributed by atoms with E-state index in [1.165, 1.54) is 13.2 Å². The van der Waals surface area contributed by atoms with E-state index < -0.39 is 26.2 Å². The predicted octanol–water partition coefficient (Wildman–Crippen LogP) is 6.75. The molecule has 2 aromatic rings. The Bertz CT molecular complexity index is 1210. The number of hydrogen-bond acceptors (Lipinski definition) is 6. The summed E-state index contributed by atoms with van der Waals surface area (Å²) in [6.07, 6.45) is 7.60. The van der Waals surface area contributed by atoms with Crippen LogP contribution in [-0.2, 0) is 20.4 Å². The van der Waals surface area contributed by atoms with Gasteiger partial charge < -0.3 is 24.1 Å². The molecule has 0 aliphatic rings. The maximum absolute atomic E-state index is 12.7. The molecule has 0 saturated heterocycles. The van der Waals surface area contributed by atoms with Crippen LogP contribution in [0.15, 0.2) is 41.0 Å². The zero-order valence-corrected chi connectivity index (χ0v) is 26.8. The minimum absolute atomic E-state index is 0.0104. The quantitative estimate of drug-likeness (QED) is 0.196. The number of nitrogens with one attached hydrogen (secondary N) is 1. The number of carboxylic acid groups (broad SMARTS) is 1. The number of ether oxygens (including phenoxy) is 1. The van der Waals surface area contributed by atoms with Gasteiger partial charge in [-0.15, -0.1) is 0 Å². The molecule has 3 unspecified atom stereocenters. The van der Waals surface area contributed by atoms with E-state index in [4.69, 9.17) is 25.3 Å². The molecule has 0 bridgehead atoms. The number of carbonyl (C=O) groups is 2. The second-order valence-electron chi connectivity index (χ2n) is 11.6. The molecule has 0 aliphatic heterocycles. The van der Waals surface area contributed by atoms with Gasteiger partial charge >= 0.3 is 5.97 Å². The lowest BCUT2D eigenvalue weighted by molar-refractivity contribution is -0.141. The largest absolute Gasteiger partial charge is 0.495 e. The van der Waals surface area contributed by atoms with Gasteiger partial charge in [0.1, 0.15) is 17.6 Å². The lowest BCUT2D eigenvalue weighted by atomic mass is 10.00. The van der Waals surface area contributed by atoms with Gasteiger partial charge in [-0.1, -0.05) is 68.7 Å². The molecule has 0 saturated carbocycles. The van der Waals surface area contributed by atoms with Crippen molar-refractivity contribution in [3.63, 3.8) is 0 Å². The van der Waals surface area contributed by atoms with Crippen LogP contribution in [0.1, 0.15) is 56.7 Å². The molecule has 10 heteroatoms. The van der Waals surface area contributed by atoms with Crippen LogP contribution in [0.5, 0.6) is 5.75 Å². The monoisotopic (exact) mass is 590 g/mol. The van der Waals surface area contributed by atoms with E-state index in [9.17, 15) is 14.7 Å². The van der Waals surface area contributed by atoms with Crippen LogP contribution in [0.3, 0.4) is 0 Å². The van der Waals surface area contributed by atoms with Crippen molar-refractivity contribution in [2.24, 2.45) is 5.92 Å². The predicted molar refractivity (Wildman–Crippen MR) is 161 cm³/mol. The third-order valence-corrected chi connectivity index (χ3v) is 12.2. The molecule has 1 aromatic heterocycles. The number of aliphatic carboxylic acids is 1. The molecule has 8 nitrogen and oxygen atoms in total. The highest BCUT2D eigenvalue weighted by Gasteiger charge is 2.39. The Balaban J connectivity index is 2.15. The summed E-state index contributed by atoms with van der Waals surface area (Å²) in [5.41, 5.74) is 2.44. The normalized spacial score (nSPS) is 14.8. The molecular weight excluding hydrogens is 548 g/mol. The first-order valence-corrected chi connectivity index (χ1v) is 16.7. The van der Waals surface area contributed by atoms with Crippen LogP contribution in [0.2, 0.25) is 23.2 Å². The van der Waals surface area contributed by atoms with Crippen LogP contribution in [0, 0.1) is 19.8 Å². The number of methoxy groups -OCH3 is 1. The van der Waals surface area contributed by atoms with Gasteiger partial charge in [-0.05, 0) is 68.1 Å². The van der Waals surface area contributed by atoms with E-state index in [-0.39, 0.29) is 23.5 Å². The van der Waals surface area contributed by atoms with Crippen molar-refractivity contribution in [3.05, 3.63) is 64.0 Å². The van der Waals surface area contributed by atoms with Crippen molar-refractivity contribution in [1.82, 2.24) is 10.5 Å². The maximum Gasteiger partial charge on any atom is 0.326 e. The second-order valence-corrected chi connectivity index (χ2v) is 16.7. The molecule has 2 rings (SSSR count). The molecule has 220 valence electrons. The minimum Gasteiger partial charge on any atom is -0.495 e. The van der Waals surface area contributed by atoms with Crippen molar-refractivity contribution in [3.8, 4) is 5.75 Å². The number of nitrogens with zero attached hydrogens (tertiary/aromatic N) is 1. The molecule has 0 radical (unpaired) electrons. The zero-order valence-electron chi connectivity index (χ0n) is 25.0. The Morgan fingerprint density at radius 3 is 2.45 bits per heavy atom. The average Bonchev–Trinajstić information content (AvgIpc) is 3.17. The van der Waals surface area contributed by atoms with Gasteiger partial charge in [-0.25, -0.2) is 4.79 Å². The average molecular weight is 591 g/mol. The summed E-state index contributed by atoms with van der Waals surface area (Å²) in [5.74, 6) is -0.344. The van der Waals surface area contributed by atoms with E-state index in [0.29, 0.717) is 22.8 Å². The van der Waals surface area contributed by atoms with Crippen molar-refractivity contribution in [2.75, 3.05) is 7.11 Å². The van der Waals surface area contributed by atoms with Crippen LogP contribution in [0.4, 0.5) is 0 Å². The minimum atomic E-state index is -2.12. The summed E-state index contributed by atoms with van der Waals surface area (Å²) in [6, 6.07) is 3.92. The SMILES string of the molecule is COc1ccc(CC(NC(=O)/C=C/CC(O[Si](C)(C)C(C)(C)C)C(C)/C=C/c2c(C)noc2C)C(=O)O)cc1Cl. The number of amides is 1. The Kier molecular flexibility index (Phi) is 11.8. The molecule has 0 aliphatic carbocycles. The number of halogens is 1. The van der Waals surface area contributed by atoms with Gasteiger partial charge in [0.15, 0.2) is 8.32 Å². The summed E-state index contributed by atoms with van der Waals surface area (Å²) in [6.45, 7) is 16.8. The highest BCUT2D eigenvalue weighted by molar-refractivity contribution is 6.74. The van der Waals surface area contributed by atoms with Crippen molar-refractivity contribution >= 4 is 37.9 Å². The molecule has 1 aromatic carbocycles. The maximum atomic E-state index is 12.7. The van der Waals surface area contributed by atoms with Crippen molar-refractivity contribution < 1.29 is 28.4 Å². The van der Waals surface area contributed by atoms with Crippen LogP contribution >= 0.6 is 11.6 Å². The summed E-state index contributed by atoms with van der Waals surface area (Å²) >= 11 is 6.17. The fourth-order valence-corrected chi connectivity index (χ4v) is 5.53. The smallest absolute Gasteiger partial charge is 0.326 e. The topological polar surface area (TPSA) is 111 Å². The van der Waals surface area contributed by atoms with Gasteiger partial charge in [0, 0.05) is 12.0 Å². The van der Waals surface area contributed by atoms with Crippen molar-refractivity contribution in [2.45, 2.75) is 84.7 Å². The molecule has 0 spiro atoms. The van der Waals surface area contributed by atoms with E-state index in [0.717, 1.165) is 17.0 Å². The van der Waals surface area contributed by atoms with Gasteiger partial charge in [-0.2, -0.15) is 0 Å². The summed E-state index contributed by atoms with van der Waals surface area (Å²) in [5, 5.41) is 16.7. The Morgan fingerprint density at radius 1 is 1.25 bits per heavy atom. The number of carbonyl (C=O) groups excluding carboxylic acids is 1. The van der Waals surface area contributed by atoms with Crippen molar-refractivity contribution in [1.29, 1.82) is 0 Å². The second kappa shape index (κ2) is 14.1. The number of aromatic nitrogens is 1. The van der Waals surface area contributed by atoms with Gasteiger partial charge in [-0.3, -0.25) is 4.79 Å². The summed E-state index contributed by atoms with van der Waals surface area (Å²) in [7, 11) is -0.612. The van der Waals surface area contributed by atoms with Crippen LogP contribution in [0.25, 0.3) is 6.08 Å². The fraction of sp³-hybridized carbons (Fsp3) is 0.500. The molecule has 3 atom stereocenters. The van der Waals surface area contributed by atoms with Gasteiger partial charge in [0.05, 0.1) is 23.9 Å². The number of carboxylic acids is 1. The third-order valence-electron chi connectivity index (χ3n) is 7.40. The molecule has 40 heavy (non-hydrogen) atoms. The van der Waals surface area contributed by atoms with E-state index in [1.54, 1.807) is 24.3 Å². The lowest BCUT2D eigenvalue weighted by Gasteiger charge is -2.40. The lowest BCUT2D eigenvalue weighted by Crippen LogP contribution is -2.45. The highest BCUT2D eigenvalue weighted by Crippen LogP contribution is 2.38. The zero-order chi connectivity index (χ0) is 30.3. The van der Waals surface area contributed by atoms with Gasteiger partial charge in [0.25, 0.3) is 0 Å². The van der Waals surface area contributed by atoms with E-state index >= 15 is 0 Å². The van der Waals surface area contributed by atoms with Gasteiger partial charge in [0.2, 0.25) is 5.91 Å². The fourth-order valence-electron chi connectivity index (χ4n) is 3.83. The number of rotatable bonds is 13. The first-order chi connectivity index (χ1) is 18.6. The van der Waals surface area contributed by atoms with E-state index in [2.05, 4.69) is 57.3 Å². The standard InChI is InChI=1S/C30H43ClN2O6Si/c1-19(13-15-23-20(2)33-38-21(23)3)26(39-40(8,9)30(4,5)6)11-10-12-28(34)32-25(29(35)36)18-22-14-16-27(37-7)24(31)17-22/h10,12-17,19,25-26H,11,18H2,1-9H3,(H,32,34)(H,35,36)/b12-10+,15-13+. The molecule has 1 heterocycles. The highest BCUT2D eigenvalue weighted by atomic mass is 35.5. The third kappa shape index (κ3) is 9.35.